The zero-order chi connectivity index (χ0) is 23.5. The van der Waals surface area contributed by atoms with Gasteiger partial charge in [-0.25, -0.2) is 4.90 Å². The van der Waals surface area contributed by atoms with Gasteiger partial charge >= 0.3 is 0 Å². The van der Waals surface area contributed by atoms with E-state index in [2.05, 4.69) is 5.32 Å². The summed E-state index contributed by atoms with van der Waals surface area (Å²) in [5.74, 6) is 0.237. The Morgan fingerprint density at radius 3 is 2.21 bits per heavy atom. The highest BCUT2D eigenvalue weighted by Gasteiger charge is 2.40. The van der Waals surface area contributed by atoms with Crippen LogP contribution in [-0.2, 0) is 9.59 Å². The summed E-state index contributed by atoms with van der Waals surface area (Å²) < 4.78 is 10.7. The first-order valence-corrected chi connectivity index (χ1v) is 11.2. The number of imide groups is 1. The van der Waals surface area contributed by atoms with Crippen molar-refractivity contribution in [3.63, 3.8) is 0 Å². The molecule has 8 heteroatoms. The van der Waals surface area contributed by atoms with Gasteiger partial charge in [0, 0.05) is 16.0 Å². The van der Waals surface area contributed by atoms with Crippen LogP contribution in [0.4, 0.5) is 11.4 Å². The number of aryl methyl sites for hydroxylation is 1. The number of ether oxygens (including phenoxy) is 2. The Kier molecular flexibility index (Phi) is 6.62. The zero-order valence-corrected chi connectivity index (χ0v) is 19.8. The number of methoxy groups -OCH3 is 2. The van der Waals surface area contributed by atoms with Crippen molar-refractivity contribution in [3.8, 4) is 11.5 Å². The van der Waals surface area contributed by atoms with E-state index in [1.54, 1.807) is 61.7 Å². The fourth-order valence-corrected chi connectivity index (χ4v) is 4.35. The Balaban J connectivity index is 1.76. The lowest BCUT2D eigenvalue weighted by atomic mass is 10.2. The van der Waals surface area contributed by atoms with E-state index in [0.29, 0.717) is 27.9 Å². The number of anilines is 2. The second kappa shape index (κ2) is 9.60. The molecule has 0 aromatic heterocycles. The molecule has 1 aliphatic rings. The normalized spacial score (nSPS) is 13.5. The Labute approximate surface area is 201 Å². The fourth-order valence-electron chi connectivity index (χ4n) is 3.30. The summed E-state index contributed by atoms with van der Waals surface area (Å²) in [5, 5.41) is 3.71. The van der Waals surface area contributed by atoms with Crippen molar-refractivity contribution in [2.24, 2.45) is 0 Å². The Morgan fingerprint density at radius 2 is 1.58 bits per heavy atom. The highest BCUT2D eigenvalue weighted by Crippen LogP contribution is 2.39. The largest absolute Gasteiger partial charge is 0.497 e. The third-order valence-corrected chi connectivity index (χ3v) is 6.38. The summed E-state index contributed by atoms with van der Waals surface area (Å²) in [6.45, 7) is 1.94. The Hall–Kier alpha value is -3.42. The van der Waals surface area contributed by atoms with Gasteiger partial charge in [0.1, 0.15) is 22.1 Å². The molecule has 33 heavy (non-hydrogen) atoms. The van der Waals surface area contributed by atoms with Crippen LogP contribution in [0.5, 0.6) is 11.5 Å². The number of carbonyl (C=O) groups excluding carboxylic acids is 2. The SMILES string of the molecule is COc1ccc(NC2=C(Sc3ccc(Cl)cc3)C(=O)N(c3ccc(C)cc3)C2=O)c(OC)c1. The topological polar surface area (TPSA) is 67.9 Å². The zero-order valence-electron chi connectivity index (χ0n) is 18.2. The number of carbonyl (C=O) groups is 2. The molecule has 0 radical (unpaired) electrons. The van der Waals surface area contributed by atoms with Gasteiger partial charge in [-0.3, -0.25) is 9.59 Å². The van der Waals surface area contributed by atoms with Gasteiger partial charge in [-0.2, -0.15) is 0 Å². The van der Waals surface area contributed by atoms with Crippen LogP contribution in [0, 0.1) is 6.92 Å². The number of amides is 2. The maximum atomic E-state index is 13.5. The predicted octanol–water partition coefficient (Wildman–Crippen LogP) is 5.65. The van der Waals surface area contributed by atoms with E-state index in [-0.39, 0.29) is 10.6 Å². The maximum Gasteiger partial charge on any atom is 0.283 e. The number of thioether (sulfide) groups is 1. The highest BCUT2D eigenvalue weighted by molar-refractivity contribution is 8.04. The summed E-state index contributed by atoms with van der Waals surface area (Å²) >= 11 is 7.21. The second-order valence-electron chi connectivity index (χ2n) is 7.23. The molecule has 0 bridgehead atoms. The monoisotopic (exact) mass is 480 g/mol. The number of halogens is 1. The van der Waals surface area contributed by atoms with Crippen LogP contribution < -0.4 is 19.7 Å². The lowest BCUT2D eigenvalue weighted by Gasteiger charge is -2.16. The molecule has 1 N–H and O–H groups in total. The van der Waals surface area contributed by atoms with Crippen LogP contribution in [0.15, 0.2) is 82.2 Å². The van der Waals surface area contributed by atoms with E-state index >= 15 is 0 Å². The summed E-state index contributed by atoms with van der Waals surface area (Å²) in [6.07, 6.45) is 0. The van der Waals surface area contributed by atoms with Crippen molar-refractivity contribution < 1.29 is 19.1 Å². The van der Waals surface area contributed by atoms with E-state index in [0.717, 1.165) is 10.5 Å². The minimum Gasteiger partial charge on any atom is -0.497 e. The lowest BCUT2D eigenvalue weighted by molar-refractivity contribution is -0.120. The number of hydrogen-bond acceptors (Lipinski definition) is 6. The molecule has 0 saturated heterocycles. The molecule has 6 nitrogen and oxygen atoms in total. The standard InChI is InChI=1S/C25H21ClN2O4S/c1-15-4-8-17(9-5-15)28-24(29)22(27-20-13-10-18(31-2)14-21(20)32-3)23(25(28)30)33-19-11-6-16(26)7-12-19/h4-14,27H,1-3H3. The molecule has 0 fully saturated rings. The van der Waals surface area contributed by atoms with Crippen molar-refractivity contribution in [2.75, 3.05) is 24.4 Å². The quantitative estimate of drug-likeness (QED) is 0.440. The third kappa shape index (κ3) is 4.69. The molecule has 1 aliphatic heterocycles. The average molecular weight is 481 g/mol. The van der Waals surface area contributed by atoms with E-state index in [1.807, 2.05) is 19.1 Å². The number of nitrogens with one attached hydrogen (secondary N) is 1. The smallest absolute Gasteiger partial charge is 0.283 e. The van der Waals surface area contributed by atoms with Crippen molar-refractivity contribution in [3.05, 3.63) is 87.9 Å². The van der Waals surface area contributed by atoms with Crippen LogP contribution in [0.25, 0.3) is 0 Å². The second-order valence-corrected chi connectivity index (χ2v) is 8.75. The molecule has 1 heterocycles. The van der Waals surface area contributed by atoms with Gasteiger partial charge in [0.15, 0.2) is 0 Å². The van der Waals surface area contributed by atoms with Crippen LogP contribution >= 0.6 is 23.4 Å². The van der Waals surface area contributed by atoms with Crippen molar-refractivity contribution in [2.45, 2.75) is 11.8 Å². The molecule has 3 aromatic carbocycles. The van der Waals surface area contributed by atoms with Gasteiger partial charge in [-0.05, 0) is 55.5 Å². The first kappa shape index (κ1) is 22.8. The molecule has 0 unspecified atom stereocenters. The molecule has 4 rings (SSSR count). The number of nitrogens with zero attached hydrogens (tertiary/aromatic N) is 1. The van der Waals surface area contributed by atoms with E-state index in [4.69, 9.17) is 21.1 Å². The molecule has 0 saturated carbocycles. The van der Waals surface area contributed by atoms with Gasteiger partial charge in [0.25, 0.3) is 11.8 Å². The highest BCUT2D eigenvalue weighted by atomic mass is 35.5. The molecule has 3 aromatic rings. The molecular formula is C25H21ClN2O4S. The van der Waals surface area contributed by atoms with Crippen LogP contribution in [-0.4, -0.2) is 26.0 Å². The minimum absolute atomic E-state index is 0.170. The van der Waals surface area contributed by atoms with Gasteiger partial charge in [0.2, 0.25) is 0 Å². The van der Waals surface area contributed by atoms with Gasteiger partial charge in [0.05, 0.1) is 25.6 Å². The van der Waals surface area contributed by atoms with Crippen molar-refractivity contribution in [1.82, 2.24) is 0 Å². The Morgan fingerprint density at radius 1 is 0.879 bits per heavy atom. The maximum absolute atomic E-state index is 13.5. The third-order valence-electron chi connectivity index (χ3n) is 5.04. The summed E-state index contributed by atoms with van der Waals surface area (Å²) in [7, 11) is 3.09. The number of benzene rings is 3. The predicted molar refractivity (Wildman–Crippen MR) is 131 cm³/mol. The fraction of sp³-hybridized carbons (Fsp3) is 0.120. The first-order valence-electron chi connectivity index (χ1n) is 10.0. The van der Waals surface area contributed by atoms with Gasteiger partial charge < -0.3 is 14.8 Å². The van der Waals surface area contributed by atoms with E-state index in [9.17, 15) is 9.59 Å². The van der Waals surface area contributed by atoms with Crippen LogP contribution in [0.2, 0.25) is 5.02 Å². The first-order chi connectivity index (χ1) is 15.9. The molecular weight excluding hydrogens is 460 g/mol. The molecule has 0 atom stereocenters. The molecule has 0 spiro atoms. The number of rotatable bonds is 7. The van der Waals surface area contributed by atoms with Crippen LogP contribution in [0.1, 0.15) is 5.56 Å². The number of hydrogen-bond donors (Lipinski definition) is 1. The Bertz CT molecular complexity index is 1240. The van der Waals surface area contributed by atoms with Crippen molar-refractivity contribution >= 4 is 46.6 Å². The van der Waals surface area contributed by atoms with Gasteiger partial charge in [-0.1, -0.05) is 41.1 Å². The molecule has 168 valence electrons. The van der Waals surface area contributed by atoms with Crippen molar-refractivity contribution in [1.29, 1.82) is 0 Å². The van der Waals surface area contributed by atoms with E-state index in [1.165, 1.54) is 23.8 Å². The summed E-state index contributed by atoms with van der Waals surface area (Å²) in [5.41, 5.74) is 2.24. The summed E-state index contributed by atoms with van der Waals surface area (Å²) in [4.78, 5) is 29.1. The van der Waals surface area contributed by atoms with Crippen LogP contribution in [0.3, 0.4) is 0 Å². The lowest BCUT2D eigenvalue weighted by Crippen LogP contribution is -2.32. The minimum atomic E-state index is -0.446. The molecule has 0 aliphatic carbocycles. The molecule has 2 amide bonds. The van der Waals surface area contributed by atoms with Gasteiger partial charge in [-0.15, -0.1) is 0 Å². The van der Waals surface area contributed by atoms with E-state index < -0.39 is 11.8 Å². The average Bonchev–Trinajstić information content (AvgIpc) is 3.05. The summed E-state index contributed by atoms with van der Waals surface area (Å²) in [6, 6.07) is 19.5.